The lowest BCUT2D eigenvalue weighted by atomic mass is 10.2. The number of sulfonamides is 1. The van der Waals surface area contributed by atoms with E-state index in [0.717, 1.165) is 18.9 Å². The predicted molar refractivity (Wildman–Crippen MR) is 76.5 cm³/mol. The fraction of sp³-hybridized carbons (Fsp3) is 0.538. The molecule has 0 atom stereocenters. The van der Waals surface area contributed by atoms with Crippen molar-refractivity contribution in [3.63, 3.8) is 0 Å². The molecule has 0 aliphatic rings. The van der Waals surface area contributed by atoms with Crippen molar-refractivity contribution < 1.29 is 17.5 Å². The Labute approximate surface area is 119 Å². The van der Waals surface area contributed by atoms with Gasteiger partial charge in [0, 0.05) is 24.4 Å². The van der Waals surface area contributed by atoms with Crippen molar-refractivity contribution in [1.29, 1.82) is 0 Å². The molecule has 20 heavy (non-hydrogen) atoms. The Hall–Kier alpha value is -1.18. The quantitative estimate of drug-likeness (QED) is 0.567. The van der Waals surface area contributed by atoms with Gasteiger partial charge in [0.25, 0.3) is 0 Å². The molecule has 0 amide bonds. The van der Waals surface area contributed by atoms with Crippen molar-refractivity contribution in [1.82, 2.24) is 4.72 Å². The number of nitrogens with one attached hydrogen (secondary N) is 1. The first-order valence-corrected chi connectivity index (χ1v) is 8.00. The lowest BCUT2D eigenvalue weighted by molar-refractivity contribution is 0.136. The molecule has 0 saturated carbocycles. The Morgan fingerprint density at radius 3 is 2.65 bits per heavy atom. The normalized spacial score (nSPS) is 11.8. The topological polar surface area (TPSA) is 81.4 Å². The SMILES string of the molecule is CCCCOCCNS(=O)(=O)c1cc(N)c(C)c(F)c1. The number of rotatable bonds is 8. The molecular formula is C13H21FN2O3S. The second kappa shape index (κ2) is 7.56. The van der Waals surface area contributed by atoms with Crippen molar-refractivity contribution in [3.8, 4) is 0 Å². The standard InChI is InChI=1S/C13H21FN2O3S/c1-3-4-6-19-7-5-16-20(17,18)11-8-12(14)10(2)13(15)9-11/h8-9,16H,3-7,15H2,1-2H3. The highest BCUT2D eigenvalue weighted by atomic mass is 32.2. The molecule has 5 nitrogen and oxygen atoms in total. The second-order valence-corrected chi connectivity index (χ2v) is 6.25. The third-order valence-corrected chi connectivity index (χ3v) is 4.29. The van der Waals surface area contributed by atoms with Crippen molar-refractivity contribution in [3.05, 3.63) is 23.5 Å². The highest BCUT2D eigenvalue weighted by Gasteiger charge is 2.16. The average molecular weight is 304 g/mol. The molecule has 0 bridgehead atoms. The van der Waals surface area contributed by atoms with Crippen molar-refractivity contribution >= 4 is 15.7 Å². The van der Waals surface area contributed by atoms with Crippen LogP contribution in [-0.4, -0.2) is 28.2 Å². The number of anilines is 1. The fourth-order valence-electron chi connectivity index (χ4n) is 1.51. The molecule has 0 unspecified atom stereocenters. The molecule has 0 aromatic heterocycles. The third-order valence-electron chi connectivity index (χ3n) is 2.85. The molecule has 3 N–H and O–H groups in total. The molecule has 7 heteroatoms. The minimum Gasteiger partial charge on any atom is -0.398 e. The van der Waals surface area contributed by atoms with Crippen LogP contribution in [0.3, 0.4) is 0 Å². The summed E-state index contributed by atoms with van der Waals surface area (Å²) in [6, 6.07) is 2.21. The van der Waals surface area contributed by atoms with Crippen LogP contribution < -0.4 is 10.5 Å². The van der Waals surface area contributed by atoms with E-state index in [9.17, 15) is 12.8 Å². The van der Waals surface area contributed by atoms with E-state index in [0.29, 0.717) is 6.61 Å². The minimum absolute atomic E-state index is 0.115. The molecule has 1 aromatic rings. The van der Waals surface area contributed by atoms with Gasteiger partial charge >= 0.3 is 0 Å². The van der Waals surface area contributed by atoms with Gasteiger partial charge in [0.05, 0.1) is 11.5 Å². The Morgan fingerprint density at radius 2 is 2.05 bits per heavy atom. The van der Waals surface area contributed by atoms with Gasteiger partial charge in [-0.1, -0.05) is 13.3 Å². The summed E-state index contributed by atoms with van der Waals surface area (Å²) in [7, 11) is -3.76. The maximum atomic E-state index is 13.5. The van der Waals surface area contributed by atoms with Gasteiger partial charge in [0.2, 0.25) is 10.0 Å². The van der Waals surface area contributed by atoms with Gasteiger partial charge in [0.15, 0.2) is 0 Å². The lowest BCUT2D eigenvalue weighted by Crippen LogP contribution is -2.27. The second-order valence-electron chi connectivity index (χ2n) is 4.48. The van der Waals surface area contributed by atoms with Crippen LogP contribution in [0.25, 0.3) is 0 Å². The van der Waals surface area contributed by atoms with Crippen LogP contribution in [-0.2, 0) is 14.8 Å². The Kier molecular flexibility index (Phi) is 6.38. The summed E-state index contributed by atoms with van der Waals surface area (Å²) in [6.45, 7) is 4.56. The van der Waals surface area contributed by atoms with E-state index < -0.39 is 15.8 Å². The molecule has 1 rings (SSSR count). The van der Waals surface area contributed by atoms with E-state index in [1.165, 1.54) is 13.0 Å². The van der Waals surface area contributed by atoms with Crippen LogP contribution in [0.1, 0.15) is 25.3 Å². The molecule has 0 saturated heterocycles. The highest BCUT2D eigenvalue weighted by Crippen LogP contribution is 2.20. The monoisotopic (exact) mass is 304 g/mol. The van der Waals surface area contributed by atoms with Crippen LogP contribution in [0, 0.1) is 12.7 Å². The summed E-state index contributed by atoms with van der Waals surface area (Å²) in [5.74, 6) is -0.635. The van der Waals surface area contributed by atoms with E-state index in [-0.39, 0.29) is 29.3 Å². The number of halogens is 1. The smallest absolute Gasteiger partial charge is 0.240 e. The first-order valence-electron chi connectivity index (χ1n) is 6.51. The van der Waals surface area contributed by atoms with Crippen molar-refractivity contribution in [2.24, 2.45) is 0 Å². The number of unbranched alkanes of at least 4 members (excludes halogenated alkanes) is 1. The summed E-state index contributed by atoms with van der Waals surface area (Å²) in [5.41, 5.74) is 5.93. The van der Waals surface area contributed by atoms with Crippen LogP contribution in [0.4, 0.5) is 10.1 Å². The summed E-state index contributed by atoms with van der Waals surface area (Å²) in [6.07, 6.45) is 1.96. The van der Waals surface area contributed by atoms with Crippen LogP contribution in [0.2, 0.25) is 0 Å². The van der Waals surface area contributed by atoms with Gasteiger partial charge in [-0.15, -0.1) is 0 Å². The van der Waals surface area contributed by atoms with Gasteiger partial charge in [0.1, 0.15) is 5.82 Å². The lowest BCUT2D eigenvalue weighted by Gasteiger charge is -2.09. The van der Waals surface area contributed by atoms with E-state index in [2.05, 4.69) is 4.72 Å². The zero-order valence-electron chi connectivity index (χ0n) is 11.8. The predicted octanol–water partition coefficient (Wildman–Crippen LogP) is 1.81. The van der Waals surface area contributed by atoms with Crippen LogP contribution in [0.15, 0.2) is 17.0 Å². The van der Waals surface area contributed by atoms with Gasteiger partial charge < -0.3 is 10.5 Å². The third kappa shape index (κ3) is 4.73. The first kappa shape index (κ1) is 16.9. The zero-order valence-corrected chi connectivity index (χ0v) is 12.6. The van der Waals surface area contributed by atoms with Crippen molar-refractivity contribution in [2.45, 2.75) is 31.6 Å². The van der Waals surface area contributed by atoms with Crippen LogP contribution >= 0.6 is 0 Å². The van der Waals surface area contributed by atoms with Crippen molar-refractivity contribution in [2.75, 3.05) is 25.5 Å². The Bertz CT molecular complexity index is 524. The average Bonchev–Trinajstić information content (AvgIpc) is 2.39. The summed E-state index contributed by atoms with van der Waals surface area (Å²) in [5, 5.41) is 0. The van der Waals surface area contributed by atoms with Crippen LogP contribution in [0.5, 0.6) is 0 Å². The molecule has 0 fully saturated rings. The van der Waals surface area contributed by atoms with Gasteiger partial charge in [-0.05, 0) is 25.5 Å². The number of hydrogen-bond donors (Lipinski definition) is 2. The van der Waals surface area contributed by atoms with E-state index in [1.807, 2.05) is 6.92 Å². The van der Waals surface area contributed by atoms with E-state index in [1.54, 1.807) is 0 Å². The largest absolute Gasteiger partial charge is 0.398 e. The van der Waals surface area contributed by atoms with E-state index in [4.69, 9.17) is 10.5 Å². The Morgan fingerprint density at radius 1 is 1.35 bits per heavy atom. The Balaban J connectivity index is 2.61. The summed E-state index contributed by atoms with van der Waals surface area (Å²) in [4.78, 5) is -0.174. The van der Waals surface area contributed by atoms with E-state index >= 15 is 0 Å². The molecule has 0 spiro atoms. The molecule has 0 aliphatic carbocycles. The first-order chi connectivity index (χ1) is 9.38. The molecule has 0 aliphatic heterocycles. The van der Waals surface area contributed by atoms with Gasteiger partial charge in [-0.3, -0.25) is 0 Å². The minimum atomic E-state index is -3.76. The molecule has 0 heterocycles. The maximum Gasteiger partial charge on any atom is 0.240 e. The number of hydrogen-bond acceptors (Lipinski definition) is 4. The zero-order chi connectivity index (χ0) is 15.2. The molecular weight excluding hydrogens is 283 g/mol. The molecule has 114 valence electrons. The number of nitrogen functional groups attached to an aromatic ring is 1. The molecule has 1 aromatic carbocycles. The van der Waals surface area contributed by atoms with Gasteiger partial charge in [-0.25, -0.2) is 17.5 Å². The summed E-state index contributed by atoms with van der Waals surface area (Å²) < 4.78 is 45.0. The molecule has 0 radical (unpaired) electrons. The van der Waals surface area contributed by atoms with Gasteiger partial charge in [-0.2, -0.15) is 0 Å². The number of nitrogens with two attached hydrogens (primary N) is 1. The number of benzene rings is 1. The number of ether oxygens (including phenoxy) is 1. The maximum absolute atomic E-state index is 13.5. The summed E-state index contributed by atoms with van der Waals surface area (Å²) >= 11 is 0. The highest BCUT2D eigenvalue weighted by molar-refractivity contribution is 7.89. The fourth-order valence-corrected chi connectivity index (χ4v) is 2.57.